The summed E-state index contributed by atoms with van der Waals surface area (Å²) in [5, 5.41) is 0. The number of benzene rings is 3. The van der Waals surface area contributed by atoms with Gasteiger partial charge in [0.25, 0.3) is 5.91 Å². The van der Waals surface area contributed by atoms with E-state index in [0.29, 0.717) is 33.9 Å². The minimum absolute atomic E-state index is 0.120. The topological polar surface area (TPSA) is 38.8 Å². The van der Waals surface area contributed by atoms with Gasteiger partial charge in [-0.25, -0.2) is 0 Å². The van der Waals surface area contributed by atoms with E-state index < -0.39 is 0 Å². The van der Waals surface area contributed by atoms with Crippen LogP contribution >= 0.6 is 58.3 Å². The molecule has 4 nitrogen and oxygen atoms in total. The molecule has 34 heavy (non-hydrogen) atoms. The van der Waals surface area contributed by atoms with E-state index in [-0.39, 0.29) is 5.91 Å². The number of ether oxygens (including phenoxy) is 2. The molecular weight excluding hydrogens is 597 g/mol. The molecule has 3 aromatic carbocycles. The highest BCUT2D eigenvalue weighted by Crippen LogP contribution is 2.39. The lowest BCUT2D eigenvalue weighted by molar-refractivity contribution is -0.113. The van der Waals surface area contributed by atoms with Gasteiger partial charge in [0.15, 0.2) is 15.8 Å². The normalized spacial score (nSPS) is 14.7. The molecule has 8 heteroatoms. The summed E-state index contributed by atoms with van der Waals surface area (Å²) in [6.45, 7) is 2.90. The molecule has 0 aliphatic carbocycles. The second-order valence-corrected chi connectivity index (χ2v) is 11.0. The SMILES string of the molecule is CCOc1cc(/C=C2/SC(=S)N(c3cccc(SC)c3)C2=O)cc(I)c1OCc1ccccc1. The van der Waals surface area contributed by atoms with Crippen molar-refractivity contribution in [3.63, 3.8) is 0 Å². The van der Waals surface area contributed by atoms with E-state index in [1.807, 2.05) is 86.0 Å². The molecule has 1 aliphatic rings. The van der Waals surface area contributed by atoms with Crippen LogP contribution in [0.25, 0.3) is 6.08 Å². The molecule has 0 bridgehead atoms. The third kappa shape index (κ3) is 5.79. The highest BCUT2D eigenvalue weighted by atomic mass is 127. The van der Waals surface area contributed by atoms with Gasteiger partial charge in [-0.2, -0.15) is 0 Å². The number of nitrogens with zero attached hydrogens (tertiary/aromatic N) is 1. The largest absolute Gasteiger partial charge is 0.490 e. The molecule has 0 atom stereocenters. The number of anilines is 1. The Labute approximate surface area is 227 Å². The zero-order chi connectivity index (χ0) is 24.1. The Kier molecular flexibility index (Phi) is 8.57. The fourth-order valence-corrected chi connectivity index (χ4v) is 5.93. The van der Waals surface area contributed by atoms with Crippen molar-refractivity contribution in [1.82, 2.24) is 0 Å². The summed E-state index contributed by atoms with van der Waals surface area (Å²) in [5.41, 5.74) is 2.73. The number of carbonyl (C=O) groups excluding carboxylic acids is 1. The first-order valence-corrected chi connectivity index (χ1v) is 14.1. The summed E-state index contributed by atoms with van der Waals surface area (Å²) in [7, 11) is 0. The maximum atomic E-state index is 13.2. The average molecular weight is 620 g/mol. The first-order chi connectivity index (χ1) is 16.5. The van der Waals surface area contributed by atoms with E-state index in [9.17, 15) is 4.79 Å². The summed E-state index contributed by atoms with van der Waals surface area (Å²) < 4.78 is 13.4. The Morgan fingerprint density at radius 1 is 1.09 bits per heavy atom. The third-order valence-electron chi connectivity index (χ3n) is 4.96. The molecule has 1 saturated heterocycles. The van der Waals surface area contributed by atoms with Crippen LogP contribution in [-0.4, -0.2) is 23.1 Å². The van der Waals surface area contributed by atoms with Crippen molar-refractivity contribution < 1.29 is 14.3 Å². The minimum atomic E-state index is -0.120. The molecule has 0 radical (unpaired) electrons. The fourth-order valence-electron chi connectivity index (χ4n) is 3.40. The molecule has 1 amide bonds. The van der Waals surface area contributed by atoms with Crippen LogP contribution in [0.15, 0.2) is 76.5 Å². The highest BCUT2D eigenvalue weighted by molar-refractivity contribution is 14.1. The van der Waals surface area contributed by atoms with Crippen LogP contribution < -0.4 is 14.4 Å². The predicted molar refractivity (Wildman–Crippen MR) is 155 cm³/mol. The van der Waals surface area contributed by atoms with E-state index in [2.05, 4.69) is 22.6 Å². The summed E-state index contributed by atoms with van der Waals surface area (Å²) in [5.74, 6) is 1.23. The number of thioether (sulfide) groups is 2. The number of hydrogen-bond acceptors (Lipinski definition) is 6. The van der Waals surface area contributed by atoms with Gasteiger partial charge in [-0.05, 0) is 83.3 Å². The first kappa shape index (κ1) is 25.1. The van der Waals surface area contributed by atoms with Gasteiger partial charge in [0.05, 0.1) is 20.8 Å². The molecule has 0 spiro atoms. The lowest BCUT2D eigenvalue weighted by Gasteiger charge is -2.15. The van der Waals surface area contributed by atoms with Gasteiger partial charge >= 0.3 is 0 Å². The minimum Gasteiger partial charge on any atom is -0.490 e. The number of hydrogen-bond donors (Lipinski definition) is 0. The number of rotatable bonds is 8. The van der Waals surface area contributed by atoms with Crippen molar-refractivity contribution in [3.8, 4) is 11.5 Å². The molecule has 0 N–H and O–H groups in total. The van der Waals surface area contributed by atoms with Crippen LogP contribution in [0.1, 0.15) is 18.1 Å². The van der Waals surface area contributed by atoms with Crippen LogP contribution in [0.4, 0.5) is 5.69 Å². The number of carbonyl (C=O) groups is 1. The Bertz CT molecular complexity index is 1250. The fraction of sp³-hybridized carbons (Fsp3) is 0.154. The summed E-state index contributed by atoms with van der Waals surface area (Å²) in [4.78, 5) is 16.5. The third-order valence-corrected chi connectivity index (χ3v) is 7.79. The quantitative estimate of drug-likeness (QED) is 0.113. The molecule has 0 unspecified atom stereocenters. The first-order valence-electron chi connectivity index (χ1n) is 10.5. The van der Waals surface area contributed by atoms with Crippen LogP contribution in [0, 0.1) is 3.57 Å². The molecule has 0 aromatic heterocycles. The Balaban J connectivity index is 1.60. The van der Waals surface area contributed by atoms with E-state index >= 15 is 0 Å². The van der Waals surface area contributed by atoms with Crippen LogP contribution in [0.2, 0.25) is 0 Å². The number of amides is 1. The zero-order valence-electron chi connectivity index (χ0n) is 18.6. The molecule has 4 rings (SSSR count). The van der Waals surface area contributed by atoms with Gasteiger partial charge in [0, 0.05) is 4.90 Å². The van der Waals surface area contributed by atoms with Gasteiger partial charge < -0.3 is 9.47 Å². The molecule has 0 saturated carbocycles. The standard InChI is InChI=1S/C26H22INO3S3/c1-3-30-22-13-18(12-21(27)24(22)31-16-17-8-5-4-6-9-17)14-23-25(29)28(26(32)34-23)19-10-7-11-20(15-19)33-2/h4-15H,3,16H2,1-2H3/b23-14+. The number of halogens is 1. The van der Waals surface area contributed by atoms with Crippen molar-refractivity contribution in [2.24, 2.45) is 0 Å². The average Bonchev–Trinajstić information content (AvgIpc) is 3.12. The van der Waals surface area contributed by atoms with Crippen molar-refractivity contribution in [2.75, 3.05) is 17.8 Å². The van der Waals surface area contributed by atoms with E-state index in [1.54, 1.807) is 16.7 Å². The van der Waals surface area contributed by atoms with Crippen LogP contribution in [0.5, 0.6) is 11.5 Å². The molecule has 1 fully saturated rings. The lowest BCUT2D eigenvalue weighted by Crippen LogP contribution is -2.27. The Morgan fingerprint density at radius 2 is 1.88 bits per heavy atom. The van der Waals surface area contributed by atoms with E-state index in [0.717, 1.165) is 25.3 Å². The Hall–Kier alpha value is -2.01. The van der Waals surface area contributed by atoms with Crippen LogP contribution in [-0.2, 0) is 11.4 Å². The maximum Gasteiger partial charge on any atom is 0.270 e. The van der Waals surface area contributed by atoms with Gasteiger partial charge in [0.2, 0.25) is 0 Å². The summed E-state index contributed by atoms with van der Waals surface area (Å²) in [6.07, 6.45) is 3.87. The molecule has 3 aromatic rings. The molecule has 1 heterocycles. The van der Waals surface area contributed by atoms with Crippen molar-refractivity contribution in [1.29, 1.82) is 0 Å². The lowest BCUT2D eigenvalue weighted by atomic mass is 10.1. The van der Waals surface area contributed by atoms with E-state index in [1.165, 1.54) is 11.8 Å². The summed E-state index contributed by atoms with van der Waals surface area (Å²) in [6, 6.07) is 21.8. The molecule has 174 valence electrons. The maximum absolute atomic E-state index is 13.2. The monoisotopic (exact) mass is 619 g/mol. The highest BCUT2D eigenvalue weighted by Gasteiger charge is 2.33. The molecular formula is C26H22INO3S3. The number of thiocarbonyl (C=S) groups is 1. The molecule has 1 aliphatic heterocycles. The van der Waals surface area contributed by atoms with E-state index in [4.69, 9.17) is 21.7 Å². The second-order valence-electron chi connectivity index (χ2n) is 7.26. The zero-order valence-corrected chi connectivity index (χ0v) is 23.2. The van der Waals surface area contributed by atoms with Gasteiger partial charge in [0.1, 0.15) is 6.61 Å². The van der Waals surface area contributed by atoms with Crippen molar-refractivity contribution >= 4 is 80.3 Å². The predicted octanol–water partition coefficient (Wildman–Crippen LogP) is 7.40. The Morgan fingerprint density at radius 3 is 2.62 bits per heavy atom. The van der Waals surface area contributed by atoms with Crippen molar-refractivity contribution in [3.05, 3.63) is 86.3 Å². The van der Waals surface area contributed by atoms with Gasteiger partial charge in [-0.15, -0.1) is 11.8 Å². The second kappa shape index (κ2) is 11.6. The van der Waals surface area contributed by atoms with Gasteiger partial charge in [-0.3, -0.25) is 9.69 Å². The van der Waals surface area contributed by atoms with Crippen LogP contribution in [0.3, 0.4) is 0 Å². The summed E-state index contributed by atoms with van der Waals surface area (Å²) >= 11 is 10.7. The smallest absolute Gasteiger partial charge is 0.270 e. The van der Waals surface area contributed by atoms with Crippen molar-refractivity contribution in [2.45, 2.75) is 18.4 Å². The van der Waals surface area contributed by atoms with Gasteiger partial charge in [-0.1, -0.05) is 60.4 Å².